The molecule has 0 saturated carbocycles. The van der Waals surface area contributed by atoms with Crippen molar-refractivity contribution in [2.75, 3.05) is 6.54 Å². The number of carbonyl (C=O) groups excluding carboxylic acids is 1. The first-order chi connectivity index (χ1) is 7.81. The van der Waals surface area contributed by atoms with Gasteiger partial charge in [0.25, 0.3) is 0 Å². The Labute approximate surface area is 96.9 Å². The molecule has 0 atom stereocenters. The van der Waals surface area contributed by atoms with Crippen LogP contribution in [-0.4, -0.2) is 12.6 Å². The normalized spacial score (nSPS) is 11.8. The molecule has 0 spiro atoms. The zero-order valence-electron chi connectivity index (χ0n) is 9.52. The molecule has 0 fully saturated rings. The first kappa shape index (κ1) is 14.0. The summed E-state index contributed by atoms with van der Waals surface area (Å²) >= 11 is 0. The SMILES string of the molecule is C=C/C=C\C=C\NC(=O)NC/C=C\C=C/C. The van der Waals surface area contributed by atoms with Crippen LogP contribution >= 0.6 is 0 Å². The van der Waals surface area contributed by atoms with Gasteiger partial charge in [-0.25, -0.2) is 4.79 Å². The largest absolute Gasteiger partial charge is 0.334 e. The maximum atomic E-state index is 11.1. The van der Waals surface area contributed by atoms with Crippen LogP contribution in [0.5, 0.6) is 0 Å². The topological polar surface area (TPSA) is 41.1 Å². The molecular formula is C13H18N2O. The Hall–Kier alpha value is -2.03. The van der Waals surface area contributed by atoms with E-state index in [0.717, 1.165) is 0 Å². The van der Waals surface area contributed by atoms with Crippen LogP contribution in [-0.2, 0) is 0 Å². The molecule has 0 bridgehead atoms. The average molecular weight is 218 g/mol. The lowest BCUT2D eigenvalue weighted by Gasteiger charge is -1.99. The van der Waals surface area contributed by atoms with Crippen molar-refractivity contribution >= 4 is 6.03 Å². The second-order valence-electron chi connectivity index (χ2n) is 2.79. The molecular weight excluding hydrogens is 200 g/mol. The van der Waals surface area contributed by atoms with Crippen molar-refractivity contribution < 1.29 is 4.79 Å². The lowest BCUT2D eigenvalue weighted by atomic mass is 10.4. The van der Waals surface area contributed by atoms with Gasteiger partial charge in [-0.15, -0.1) is 0 Å². The van der Waals surface area contributed by atoms with Gasteiger partial charge in [0.1, 0.15) is 0 Å². The number of carbonyl (C=O) groups is 1. The molecule has 0 aliphatic rings. The Bertz CT molecular complexity index is 312. The molecule has 0 unspecified atom stereocenters. The molecule has 16 heavy (non-hydrogen) atoms. The van der Waals surface area contributed by atoms with Crippen LogP contribution in [0, 0.1) is 0 Å². The van der Waals surface area contributed by atoms with Crippen molar-refractivity contribution in [3.05, 3.63) is 61.4 Å². The summed E-state index contributed by atoms with van der Waals surface area (Å²) in [6.07, 6.45) is 16.1. The number of allylic oxidation sites excluding steroid dienone is 7. The van der Waals surface area contributed by atoms with Crippen molar-refractivity contribution in [2.45, 2.75) is 6.92 Å². The van der Waals surface area contributed by atoms with Crippen molar-refractivity contribution in [3.8, 4) is 0 Å². The average Bonchev–Trinajstić information content (AvgIpc) is 2.28. The number of hydrogen-bond acceptors (Lipinski definition) is 1. The standard InChI is InChI=1S/C13H18N2O/c1-3-5-7-9-11-14-13(16)15-12-10-8-6-4-2/h3-11H,1,12H2,2H3,(H2,14,15,16)/b6-4-,7-5-,10-8-,11-9+. The van der Waals surface area contributed by atoms with Gasteiger partial charge in [0.05, 0.1) is 0 Å². The third-order valence-electron chi connectivity index (χ3n) is 1.49. The van der Waals surface area contributed by atoms with Gasteiger partial charge >= 0.3 is 6.03 Å². The number of urea groups is 1. The molecule has 2 N–H and O–H groups in total. The van der Waals surface area contributed by atoms with E-state index in [0.29, 0.717) is 6.54 Å². The molecule has 0 aromatic rings. The molecule has 0 aromatic carbocycles. The van der Waals surface area contributed by atoms with Crippen LogP contribution < -0.4 is 10.6 Å². The van der Waals surface area contributed by atoms with Crippen LogP contribution in [0.15, 0.2) is 61.4 Å². The Balaban J connectivity index is 3.62. The molecule has 0 saturated heterocycles. The second-order valence-corrected chi connectivity index (χ2v) is 2.79. The fourth-order valence-electron chi connectivity index (χ4n) is 0.782. The zero-order valence-corrected chi connectivity index (χ0v) is 9.52. The fraction of sp³-hybridized carbons (Fsp3) is 0.154. The number of nitrogens with one attached hydrogen (secondary N) is 2. The van der Waals surface area contributed by atoms with E-state index in [1.54, 1.807) is 30.5 Å². The van der Waals surface area contributed by atoms with Gasteiger partial charge in [0, 0.05) is 12.7 Å². The summed E-state index contributed by atoms with van der Waals surface area (Å²) in [5, 5.41) is 5.23. The van der Waals surface area contributed by atoms with Crippen molar-refractivity contribution in [1.29, 1.82) is 0 Å². The summed E-state index contributed by atoms with van der Waals surface area (Å²) in [7, 11) is 0. The third-order valence-corrected chi connectivity index (χ3v) is 1.49. The molecule has 0 heterocycles. The van der Waals surface area contributed by atoms with Gasteiger partial charge in [-0.05, 0) is 13.0 Å². The van der Waals surface area contributed by atoms with Crippen molar-refractivity contribution in [1.82, 2.24) is 10.6 Å². The summed E-state index contributed by atoms with van der Waals surface area (Å²) in [5.74, 6) is 0. The van der Waals surface area contributed by atoms with E-state index < -0.39 is 0 Å². The summed E-state index contributed by atoms with van der Waals surface area (Å²) in [6, 6.07) is -0.228. The highest BCUT2D eigenvalue weighted by Gasteiger charge is 1.90. The van der Waals surface area contributed by atoms with Crippen LogP contribution in [0.3, 0.4) is 0 Å². The van der Waals surface area contributed by atoms with Crippen molar-refractivity contribution in [3.63, 3.8) is 0 Å². The fourth-order valence-corrected chi connectivity index (χ4v) is 0.782. The van der Waals surface area contributed by atoms with Gasteiger partial charge in [-0.3, -0.25) is 0 Å². The van der Waals surface area contributed by atoms with E-state index in [1.165, 1.54) is 0 Å². The minimum absolute atomic E-state index is 0.228. The van der Waals surface area contributed by atoms with Crippen LogP contribution in [0.25, 0.3) is 0 Å². The first-order valence-corrected chi connectivity index (χ1v) is 5.07. The monoisotopic (exact) mass is 218 g/mol. The molecule has 3 nitrogen and oxygen atoms in total. The van der Waals surface area contributed by atoms with E-state index >= 15 is 0 Å². The maximum absolute atomic E-state index is 11.1. The van der Waals surface area contributed by atoms with Gasteiger partial charge in [0.2, 0.25) is 0 Å². The maximum Gasteiger partial charge on any atom is 0.319 e. The van der Waals surface area contributed by atoms with Gasteiger partial charge in [0.15, 0.2) is 0 Å². The quantitative estimate of drug-likeness (QED) is 0.661. The summed E-state index contributed by atoms with van der Waals surface area (Å²) < 4.78 is 0. The van der Waals surface area contributed by atoms with Gasteiger partial charge in [-0.1, -0.05) is 49.1 Å². The molecule has 0 rings (SSSR count). The highest BCUT2D eigenvalue weighted by atomic mass is 16.2. The lowest BCUT2D eigenvalue weighted by molar-refractivity contribution is 0.245. The predicted molar refractivity (Wildman–Crippen MR) is 69.0 cm³/mol. The molecule has 86 valence electrons. The number of amides is 2. The first-order valence-electron chi connectivity index (χ1n) is 5.07. The smallest absolute Gasteiger partial charge is 0.319 e. The van der Waals surface area contributed by atoms with Crippen LogP contribution in [0.2, 0.25) is 0 Å². The van der Waals surface area contributed by atoms with Crippen LogP contribution in [0.4, 0.5) is 4.79 Å². The minimum Gasteiger partial charge on any atom is -0.334 e. The Morgan fingerprint density at radius 3 is 2.69 bits per heavy atom. The molecule has 0 aromatic heterocycles. The van der Waals surface area contributed by atoms with Crippen molar-refractivity contribution in [2.24, 2.45) is 0 Å². The number of rotatable bonds is 6. The van der Waals surface area contributed by atoms with E-state index in [2.05, 4.69) is 17.2 Å². The predicted octanol–water partition coefficient (Wildman–Crippen LogP) is 2.67. The summed E-state index contributed by atoms with van der Waals surface area (Å²) in [4.78, 5) is 11.1. The Kier molecular flexibility index (Phi) is 9.65. The zero-order chi connectivity index (χ0) is 12.1. The Morgan fingerprint density at radius 2 is 2.00 bits per heavy atom. The van der Waals surface area contributed by atoms with E-state index in [9.17, 15) is 4.79 Å². The third kappa shape index (κ3) is 10.1. The van der Waals surface area contributed by atoms with Crippen LogP contribution in [0.1, 0.15) is 6.92 Å². The highest BCUT2D eigenvalue weighted by Crippen LogP contribution is 1.77. The second kappa shape index (κ2) is 11.0. The lowest BCUT2D eigenvalue weighted by Crippen LogP contribution is -2.32. The summed E-state index contributed by atoms with van der Waals surface area (Å²) in [5.41, 5.74) is 0. The molecule has 3 heteroatoms. The summed E-state index contributed by atoms with van der Waals surface area (Å²) in [6.45, 7) is 5.97. The molecule has 2 amide bonds. The van der Waals surface area contributed by atoms with E-state index in [4.69, 9.17) is 0 Å². The van der Waals surface area contributed by atoms with E-state index in [1.807, 2.05) is 31.2 Å². The molecule has 0 radical (unpaired) electrons. The number of hydrogen-bond donors (Lipinski definition) is 2. The highest BCUT2D eigenvalue weighted by molar-refractivity contribution is 5.75. The molecule has 0 aliphatic carbocycles. The molecule has 0 aliphatic heterocycles. The minimum atomic E-state index is -0.228. The van der Waals surface area contributed by atoms with E-state index in [-0.39, 0.29) is 6.03 Å². The Morgan fingerprint density at radius 1 is 1.19 bits per heavy atom. The van der Waals surface area contributed by atoms with Gasteiger partial charge in [-0.2, -0.15) is 0 Å². The van der Waals surface area contributed by atoms with Gasteiger partial charge < -0.3 is 10.6 Å².